The van der Waals surface area contributed by atoms with Crippen LogP contribution in [0.1, 0.15) is 12.5 Å². The van der Waals surface area contributed by atoms with Crippen molar-refractivity contribution in [3.05, 3.63) is 59.3 Å². The van der Waals surface area contributed by atoms with Crippen molar-refractivity contribution in [3.8, 4) is 11.6 Å². The van der Waals surface area contributed by atoms with E-state index in [-0.39, 0.29) is 11.2 Å². The van der Waals surface area contributed by atoms with Crippen LogP contribution in [-0.2, 0) is 11.3 Å². The summed E-state index contributed by atoms with van der Waals surface area (Å²) < 4.78 is 8.15. The predicted molar refractivity (Wildman–Crippen MR) is 111 cm³/mol. The van der Waals surface area contributed by atoms with Crippen LogP contribution in [-0.4, -0.2) is 25.9 Å². The first kappa shape index (κ1) is 19.4. The van der Waals surface area contributed by atoms with Crippen LogP contribution in [0.4, 0.5) is 5.69 Å². The van der Waals surface area contributed by atoms with Gasteiger partial charge in [-0.15, -0.1) is 16.8 Å². The minimum Gasteiger partial charge on any atom is -0.461 e. The molecular weight excluding hydrogens is 428 g/mol. The first-order valence-corrected chi connectivity index (χ1v) is 9.98. The van der Waals surface area contributed by atoms with Gasteiger partial charge in [0.1, 0.15) is 0 Å². The summed E-state index contributed by atoms with van der Waals surface area (Å²) in [4.78, 5) is 12.6. The van der Waals surface area contributed by atoms with Gasteiger partial charge >= 0.3 is 0 Å². The largest absolute Gasteiger partial charge is 0.461 e. The van der Waals surface area contributed by atoms with Crippen LogP contribution < -0.4 is 5.32 Å². The summed E-state index contributed by atoms with van der Waals surface area (Å²) in [5.41, 5.74) is 1.85. The molecule has 0 aliphatic carbocycles. The SMILES string of the molecule is C=CCn1c(SC(C)C(=O)Nc2ccc(C)cc2Br)nnc1-c1ccco1. The smallest absolute Gasteiger partial charge is 0.237 e. The second-order valence-corrected chi connectivity index (χ2v) is 8.08. The molecule has 2 heterocycles. The van der Waals surface area contributed by atoms with Crippen LogP contribution in [0.2, 0.25) is 0 Å². The highest BCUT2D eigenvalue weighted by atomic mass is 79.9. The summed E-state index contributed by atoms with van der Waals surface area (Å²) in [5.74, 6) is 1.12. The van der Waals surface area contributed by atoms with Crippen LogP contribution in [0.5, 0.6) is 0 Å². The molecule has 0 aliphatic rings. The molecule has 3 rings (SSSR count). The number of amides is 1. The molecule has 3 aromatic rings. The molecular formula is C19H19BrN4O2S. The number of furan rings is 1. The Labute approximate surface area is 170 Å². The Morgan fingerprint density at radius 3 is 2.93 bits per heavy atom. The lowest BCUT2D eigenvalue weighted by molar-refractivity contribution is -0.115. The molecule has 140 valence electrons. The van der Waals surface area contributed by atoms with Crippen molar-refractivity contribution in [2.75, 3.05) is 5.32 Å². The highest BCUT2D eigenvalue weighted by molar-refractivity contribution is 9.10. The molecule has 1 atom stereocenters. The van der Waals surface area contributed by atoms with Crippen LogP contribution in [0.3, 0.4) is 0 Å². The zero-order chi connectivity index (χ0) is 19.4. The van der Waals surface area contributed by atoms with Crippen LogP contribution in [0, 0.1) is 6.92 Å². The predicted octanol–water partition coefficient (Wildman–Crippen LogP) is 4.91. The first-order valence-electron chi connectivity index (χ1n) is 8.31. The van der Waals surface area contributed by atoms with Crippen molar-refractivity contribution < 1.29 is 9.21 Å². The molecule has 0 aliphatic heterocycles. The number of aromatic nitrogens is 3. The summed E-state index contributed by atoms with van der Waals surface area (Å²) >= 11 is 4.82. The number of hydrogen-bond donors (Lipinski definition) is 1. The van der Waals surface area contributed by atoms with E-state index < -0.39 is 0 Å². The number of hydrogen-bond acceptors (Lipinski definition) is 5. The zero-order valence-corrected chi connectivity index (χ0v) is 17.4. The number of nitrogens with one attached hydrogen (secondary N) is 1. The third-order valence-corrected chi connectivity index (χ3v) is 5.54. The van der Waals surface area contributed by atoms with Crippen molar-refractivity contribution in [1.82, 2.24) is 14.8 Å². The molecule has 6 nitrogen and oxygen atoms in total. The van der Waals surface area contributed by atoms with Gasteiger partial charge in [0.05, 0.1) is 17.2 Å². The molecule has 27 heavy (non-hydrogen) atoms. The average molecular weight is 447 g/mol. The Morgan fingerprint density at radius 1 is 1.44 bits per heavy atom. The Kier molecular flexibility index (Phi) is 6.18. The highest BCUT2D eigenvalue weighted by Gasteiger charge is 2.21. The zero-order valence-electron chi connectivity index (χ0n) is 15.0. The molecule has 1 amide bonds. The molecule has 1 unspecified atom stereocenters. The fourth-order valence-corrected chi connectivity index (χ4v) is 3.88. The maximum atomic E-state index is 12.6. The third kappa shape index (κ3) is 4.51. The van der Waals surface area contributed by atoms with Gasteiger partial charge in [0.25, 0.3) is 0 Å². The third-order valence-electron chi connectivity index (χ3n) is 3.80. The topological polar surface area (TPSA) is 73.0 Å². The quantitative estimate of drug-likeness (QED) is 0.412. The Balaban J connectivity index is 1.76. The molecule has 1 aromatic carbocycles. The number of carbonyl (C=O) groups is 1. The first-order chi connectivity index (χ1) is 13.0. The van der Waals surface area contributed by atoms with Gasteiger partial charge in [-0.1, -0.05) is 23.9 Å². The molecule has 8 heteroatoms. The lowest BCUT2D eigenvalue weighted by Gasteiger charge is -2.13. The minimum absolute atomic E-state index is 0.114. The number of carbonyl (C=O) groups excluding carboxylic acids is 1. The molecule has 0 fully saturated rings. The molecule has 0 bridgehead atoms. The number of rotatable bonds is 7. The molecule has 1 N–H and O–H groups in total. The van der Waals surface area contributed by atoms with Crippen LogP contribution in [0.15, 0.2) is 63.3 Å². The van der Waals surface area contributed by atoms with Gasteiger partial charge in [0.15, 0.2) is 10.9 Å². The number of aryl methyl sites for hydroxylation is 1. The van der Waals surface area contributed by atoms with Gasteiger partial charge in [0.2, 0.25) is 11.7 Å². The van der Waals surface area contributed by atoms with E-state index in [1.807, 2.05) is 42.7 Å². The van der Waals surface area contributed by atoms with E-state index in [9.17, 15) is 4.79 Å². The molecule has 2 aromatic heterocycles. The van der Waals surface area contributed by atoms with Gasteiger partial charge in [-0.2, -0.15) is 0 Å². The minimum atomic E-state index is -0.365. The van der Waals surface area contributed by atoms with Gasteiger partial charge in [-0.25, -0.2) is 0 Å². The fourth-order valence-electron chi connectivity index (χ4n) is 2.43. The summed E-state index contributed by atoms with van der Waals surface area (Å²) in [5, 5.41) is 11.6. The van der Waals surface area contributed by atoms with Gasteiger partial charge in [-0.05, 0) is 59.6 Å². The molecule has 0 saturated carbocycles. The van der Waals surface area contributed by atoms with E-state index in [1.54, 1.807) is 18.4 Å². The summed E-state index contributed by atoms with van der Waals surface area (Å²) in [7, 11) is 0. The normalized spacial score (nSPS) is 12.0. The number of allylic oxidation sites excluding steroid dienone is 1. The van der Waals surface area contributed by atoms with Crippen molar-refractivity contribution >= 4 is 39.3 Å². The van der Waals surface area contributed by atoms with Crippen molar-refractivity contribution in [2.24, 2.45) is 0 Å². The number of thioether (sulfide) groups is 1. The van der Waals surface area contributed by atoms with Gasteiger partial charge in [0, 0.05) is 11.0 Å². The number of anilines is 1. The molecule has 0 spiro atoms. The van der Waals surface area contributed by atoms with Gasteiger partial charge < -0.3 is 9.73 Å². The fraction of sp³-hybridized carbons (Fsp3) is 0.211. The second kappa shape index (κ2) is 8.58. The van der Waals surface area contributed by atoms with E-state index in [4.69, 9.17) is 4.42 Å². The molecule has 0 saturated heterocycles. The number of benzene rings is 1. The Morgan fingerprint density at radius 2 is 2.26 bits per heavy atom. The van der Waals surface area contributed by atoms with Crippen molar-refractivity contribution in [1.29, 1.82) is 0 Å². The summed E-state index contributed by atoms with van der Waals surface area (Å²) in [6.07, 6.45) is 3.35. The standard InChI is InChI=1S/C19H19BrN4O2S/c1-4-9-24-17(16-6-5-10-26-16)22-23-19(24)27-13(3)18(25)21-15-8-7-12(2)11-14(15)20/h4-8,10-11,13H,1,9H2,2-3H3,(H,21,25). The Bertz CT molecular complexity index is 953. The highest BCUT2D eigenvalue weighted by Crippen LogP contribution is 2.29. The maximum Gasteiger partial charge on any atom is 0.237 e. The van der Waals surface area contributed by atoms with E-state index >= 15 is 0 Å². The van der Waals surface area contributed by atoms with Crippen LogP contribution >= 0.6 is 27.7 Å². The molecule has 0 radical (unpaired) electrons. The second-order valence-electron chi connectivity index (χ2n) is 5.92. The number of nitrogens with zero attached hydrogens (tertiary/aromatic N) is 3. The van der Waals surface area contributed by atoms with E-state index in [2.05, 4.69) is 38.0 Å². The lowest BCUT2D eigenvalue weighted by Crippen LogP contribution is -2.23. The van der Waals surface area contributed by atoms with Crippen LogP contribution in [0.25, 0.3) is 11.6 Å². The maximum absolute atomic E-state index is 12.6. The van der Waals surface area contributed by atoms with Crippen molar-refractivity contribution in [3.63, 3.8) is 0 Å². The van der Waals surface area contributed by atoms with E-state index in [1.165, 1.54) is 11.8 Å². The summed E-state index contributed by atoms with van der Waals surface area (Å²) in [6, 6.07) is 9.41. The number of halogens is 1. The van der Waals surface area contributed by atoms with E-state index in [0.29, 0.717) is 23.3 Å². The average Bonchev–Trinajstić information content (AvgIpc) is 3.28. The van der Waals surface area contributed by atoms with Crippen molar-refractivity contribution in [2.45, 2.75) is 30.8 Å². The lowest BCUT2D eigenvalue weighted by atomic mass is 10.2. The monoisotopic (exact) mass is 446 g/mol. The summed E-state index contributed by atoms with van der Waals surface area (Å²) in [6.45, 7) is 8.14. The Hall–Kier alpha value is -2.32. The van der Waals surface area contributed by atoms with E-state index in [0.717, 1.165) is 15.7 Å². The van der Waals surface area contributed by atoms with Gasteiger partial charge in [-0.3, -0.25) is 9.36 Å².